The molecule has 0 bridgehead atoms. The number of nitrogens with zero attached hydrogens (tertiary/aromatic N) is 3. The number of hydrogen-bond acceptors (Lipinski definition) is 3. The Balaban J connectivity index is 1.73. The molecule has 1 aromatic heterocycles. The van der Waals surface area contributed by atoms with Gasteiger partial charge in [0.05, 0.1) is 17.4 Å². The molecule has 5 heteroatoms. The van der Waals surface area contributed by atoms with E-state index in [-0.39, 0.29) is 11.9 Å². The lowest BCUT2D eigenvalue weighted by Gasteiger charge is -2.19. The summed E-state index contributed by atoms with van der Waals surface area (Å²) in [7, 11) is 0. The van der Waals surface area contributed by atoms with Gasteiger partial charge in [0, 0.05) is 12.2 Å². The number of carbonyl (C=O) groups is 1. The largest absolute Gasteiger partial charge is 0.324 e. The van der Waals surface area contributed by atoms with Gasteiger partial charge in [0.25, 0.3) is 0 Å². The van der Waals surface area contributed by atoms with Gasteiger partial charge in [0.2, 0.25) is 5.91 Å². The van der Waals surface area contributed by atoms with Crippen LogP contribution in [-0.4, -0.2) is 33.4 Å². The molecule has 3 aromatic rings. The first-order valence-corrected chi connectivity index (χ1v) is 9.16. The van der Waals surface area contributed by atoms with Crippen LogP contribution in [0.15, 0.2) is 54.9 Å². The van der Waals surface area contributed by atoms with E-state index in [1.54, 1.807) is 6.33 Å². The highest BCUT2D eigenvalue weighted by atomic mass is 16.2. The Morgan fingerprint density at radius 1 is 1.15 bits per heavy atom. The fourth-order valence-electron chi connectivity index (χ4n) is 3.11. The zero-order valence-electron chi connectivity index (χ0n) is 15.6. The SMILES string of the molecule is CCN(CC)Cc1cccc(NC(=O)C(C)n2cnc3ccccc32)c1. The van der Waals surface area contributed by atoms with Crippen LogP contribution in [0.2, 0.25) is 0 Å². The summed E-state index contributed by atoms with van der Waals surface area (Å²) in [6.45, 7) is 9.12. The van der Waals surface area contributed by atoms with Gasteiger partial charge >= 0.3 is 0 Å². The van der Waals surface area contributed by atoms with Crippen molar-refractivity contribution in [1.29, 1.82) is 0 Å². The molecular formula is C21H26N4O. The van der Waals surface area contributed by atoms with E-state index >= 15 is 0 Å². The lowest BCUT2D eigenvalue weighted by atomic mass is 10.1. The van der Waals surface area contributed by atoms with Gasteiger partial charge < -0.3 is 9.88 Å². The summed E-state index contributed by atoms with van der Waals surface area (Å²) >= 11 is 0. The Morgan fingerprint density at radius 3 is 2.69 bits per heavy atom. The predicted molar refractivity (Wildman–Crippen MR) is 106 cm³/mol. The number of aromatic nitrogens is 2. The van der Waals surface area contributed by atoms with Crippen LogP contribution in [0.5, 0.6) is 0 Å². The molecule has 0 saturated heterocycles. The van der Waals surface area contributed by atoms with Gasteiger partial charge in [-0.2, -0.15) is 0 Å². The summed E-state index contributed by atoms with van der Waals surface area (Å²) in [6, 6.07) is 15.6. The summed E-state index contributed by atoms with van der Waals surface area (Å²) in [6.07, 6.45) is 1.73. The fraction of sp³-hybridized carbons (Fsp3) is 0.333. The number of carbonyl (C=O) groups excluding carboxylic acids is 1. The highest BCUT2D eigenvalue weighted by Crippen LogP contribution is 2.19. The highest BCUT2D eigenvalue weighted by molar-refractivity contribution is 5.94. The first-order chi connectivity index (χ1) is 12.6. The Hall–Kier alpha value is -2.66. The van der Waals surface area contributed by atoms with E-state index in [1.807, 2.05) is 47.9 Å². The molecule has 0 radical (unpaired) electrons. The summed E-state index contributed by atoms with van der Waals surface area (Å²) in [5.41, 5.74) is 3.89. The molecular weight excluding hydrogens is 324 g/mol. The number of rotatable bonds is 7. The zero-order valence-corrected chi connectivity index (χ0v) is 15.6. The molecule has 0 aliphatic heterocycles. The molecule has 1 atom stereocenters. The fourth-order valence-corrected chi connectivity index (χ4v) is 3.11. The first kappa shape index (κ1) is 18.1. The van der Waals surface area contributed by atoms with Crippen LogP contribution in [0.1, 0.15) is 32.4 Å². The Morgan fingerprint density at radius 2 is 1.92 bits per heavy atom. The first-order valence-electron chi connectivity index (χ1n) is 9.16. The van der Waals surface area contributed by atoms with Crippen LogP contribution in [-0.2, 0) is 11.3 Å². The summed E-state index contributed by atoms with van der Waals surface area (Å²) in [5.74, 6) is -0.0480. The van der Waals surface area contributed by atoms with Gasteiger partial charge in [-0.1, -0.05) is 38.1 Å². The van der Waals surface area contributed by atoms with Crippen LogP contribution in [0.3, 0.4) is 0 Å². The minimum atomic E-state index is -0.339. The molecule has 0 aliphatic carbocycles. The number of para-hydroxylation sites is 2. The number of imidazole rings is 1. The maximum atomic E-state index is 12.7. The molecule has 0 saturated carbocycles. The molecule has 3 rings (SSSR count). The second kappa shape index (κ2) is 8.15. The molecule has 0 fully saturated rings. The average Bonchev–Trinajstić information content (AvgIpc) is 3.10. The predicted octanol–water partition coefficient (Wildman–Crippen LogP) is 4.08. The number of nitrogens with one attached hydrogen (secondary N) is 1. The Labute approximate surface area is 154 Å². The van der Waals surface area contributed by atoms with Crippen LogP contribution in [0.4, 0.5) is 5.69 Å². The number of amides is 1. The second-order valence-corrected chi connectivity index (χ2v) is 6.47. The molecule has 136 valence electrons. The van der Waals surface area contributed by atoms with Crippen LogP contribution < -0.4 is 5.32 Å². The van der Waals surface area contributed by atoms with E-state index in [4.69, 9.17) is 0 Å². The van der Waals surface area contributed by atoms with E-state index in [0.29, 0.717) is 0 Å². The third-order valence-electron chi connectivity index (χ3n) is 4.77. The molecule has 26 heavy (non-hydrogen) atoms. The summed E-state index contributed by atoms with van der Waals surface area (Å²) in [4.78, 5) is 19.5. The standard InChI is InChI=1S/C21H26N4O/c1-4-24(5-2)14-17-9-8-10-18(13-17)23-21(26)16(3)25-15-22-19-11-6-7-12-20(19)25/h6-13,15-16H,4-5,14H2,1-3H3,(H,23,26). The molecule has 5 nitrogen and oxygen atoms in total. The molecule has 1 amide bonds. The van der Waals surface area contributed by atoms with Crippen molar-refractivity contribution in [3.8, 4) is 0 Å². The summed E-state index contributed by atoms with van der Waals surface area (Å²) in [5, 5.41) is 3.04. The molecule has 2 aromatic carbocycles. The molecule has 1 unspecified atom stereocenters. The minimum Gasteiger partial charge on any atom is -0.324 e. The van der Waals surface area contributed by atoms with E-state index < -0.39 is 0 Å². The van der Waals surface area contributed by atoms with Crippen molar-refractivity contribution in [3.05, 3.63) is 60.4 Å². The van der Waals surface area contributed by atoms with E-state index in [1.165, 1.54) is 5.56 Å². The normalized spacial score (nSPS) is 12.5. The number of anilines is 1. The van der Waals surface area contributed by atoms with Gasteiger partial charge in [0.1, 0.15) is 6.04 Å². The maximum absolute atomic E-state index is 12.7. The lowest BCUT2D eigenvalue weighted by Crippen LogP contribution is -2.24. The number of fused-ring (bicyclic) bond motifs is 1. The smallest absolute Gasteiger partial charge is 0.247 e. The molecule has 0 spiro atoms. The van der Waals surface area contributed by atoms with Gasteiger partial charge in [-0.3, -0.25) is 9.69 Å². The third kappa shape index (κ3) is 3.94. The van der Waals surface area contributed by atoms with Gasteiger partial charge in [-0.25, -0.2) is 4.98 Å². The molecule has 1 heterocycles. The van der Waals surface area contributed by atoms with Crippen molar-refractivity contribution < 1.29 is 4.79 Å². The monoisotopic (exact) mass is 350 g/mol. The van der Waals surface area contributed by atoms with Gasteiger partial charge in [-0.15, -0.1) is 0 Å². The minimum absolute atomic E-state index is 0.0480. The highest BCUT2D eigenvalue weighted by Gasteiger charge is 2.17. The quantitative estimate of drug-likeness (QED) is 0.698. The average molecular weight is 350 g/mol. The second-order valence-electron chi connectivity index (χ2n) is 6.47. The van der Waals surface area contributed by atoms with Crippen molar-refractivity contribution in [1.82, 2.24) is 14.5 Å². The molecule has 1 N–H and O–H groups in total. The number of benzene rings is 2. The van der Waals surface area contributed by atoms with Crippen LogP contribution in [0, 0.1) is 0 Å². The van der Waals surface area contributed by atoms with Crippen molar-refractivity contribution in [3.63, 3.8) is 0 Å². The molecule has 0 aliphatic rings. The van der Waals surface area contributed by atoms with Crippen molar-refractivity contribution in [2.75, 3.05) is 18.4 Å². The zero-order chi connectivity index (χ0) is 18.5. The van der Waals surface area contributed by atoms with E-state index in [0.717, 1.165) is 36.4 Å². The van der Waals surface area contributed by atoms with Crippen molar-refractivity contribution in [2.45, 2.75) is 33.4 Å². The van der Waals surface area contributed by atoms with Gasteiger partial charge in [0.15, 0.2) is 0 Å². The van der Waals surface area contributed by atoms with E-state index in [9.17, 15) is 4.79 Å². The number of hydrogen-bond donors (Lipinski definition) is 1. The van der Waals surface area contributed by atoms with Crippen molar-refractivity contribution >= 4 is 22.6 Å². The topological polar surface area (TPSA) is 50.2 Å². The Kier molecular flexibility index (Phi) is 5.68. The lowest BCUT2D eigenvalue weighted by molar-refractivity contribution is -0.118. The Bertz CT molecular complexity index is 882. The maximum Gasteiger partial charge on any atom is 0.247 e. The van der Waals surface area contributed by atoms with E-state index in [2.05, 4.69) is 41.2 Å². The van der Waals surface area contributed by atoms with Crippen molar-refractivity contribution in [2.24, 2.45) is 0 Å². The summed E-state index contributed by atoms with van der Waals surface area (Å²) < 4.78 is 1.91. The van der Waals surface area contributed by atoms with Crippen LogP contribution >= 0.6 is 0 Å². The van der Waals surface area contributed by atoms with Crippen LogP contribution in [0.25, 0.3) is 11.0 Å². The van der Waals surface area contributed by atoms with Gasteiger partial charge in [-0.05, 0) is 49.8 Å². The third-order valence-corrected chi connectivity index (χ3v) is 4.77.